The molecule has 250 valence electrons. The van der Waals surface area contributed by atoms with Gasteiger partial charge in [0.05, 0.1) is 0 Å². The fourth-order valence-electron chi connectivity index (χ4n) is 5.74. The van der Waals surface area contributed by atoms with Gasteiger partial charge >= 0.3 is 0 Å². The monoisotopic (exact) mass is 658 g/mol. The lowest BCUT2D eigenvalue weighted by atomic mass is 9.82. The zero-order valence-electron chi connectivity index (χ0n) is 29.3. The predicted octanol–water partition coefficient (Wildman–Crippen LogP) is 11.7. The molecule has 0 fully saturated rings. The Labute approximate surface area is 295 Å². The molecule has 0 bridgehead atoms. The SMILES string of the molecule is CCC(C)(C)c1ccc(C(=O)c2ccc(Oc3ccc(-c4ccc(OC(C)c5ccc(C(=O)c6ccc(C)cc6)cc5)cc4)cc3)cc2)cc1. The van der Waals surface area contributed by atoms with Crippen molar-refractivity contribution in [3.05, 3.63) is 185 Å². The summed E-state index contributed by atoms with van der Waals surface area (Å²) in [6.07, 6.45) is 0.851. The molecule has 0 amide bonds. The molecule has 0 radical (unpaired) electrons. The van der Waals surface area contributed by atoms with E-state index in [9.17, 15) is 9.59 Å². The molecular weight excluding hydrogens is 617 g/mol. The number of ether oxygens (including phenoxy) is 2. The Kier molecular flexibility index (Phi) is 10.1. The van der Waals surface area contributed by atoms with E-state index in [0.29, 0.717) is 33.8 Å². The molecule has 6 rings (SSSR count). The highest BCUT2D eigenvalue weighted by atomic mass is 16.5. The molecule has 0 N–H and O–H groups in total. The molecule has 0 spiro atoms. The molecule has 6 aromatic carbocycles. The first-order chi connectivity index (χ1) is 24.1. The van der Waals surface area contributed by atoms with Gasteiger partial charge in [-0.05, 0) is 96.5 Å². The molecule has 1 unspecified atom stereocenters. The van der Waals surface area contributed by atoms with Crippen molar-refractivity contribution < 1.29 is 19.1 Å². The van der Waals surface area contributed by atoms with Crippen molar-refractivity contribution in [3.63, 3.8) is 0 Å². The zero-order valence-corrected chi connectivity index (χ0v) is 29.3. The van der Waals surface area contributed by atoms with E-state index in [1.165, 1.54) is 5.56 Å². The van der Waals surface area contributed by atoms with Gasteiger partial charge in [-0.25, -0.2) is 0 Å². The van der Waals surface area contributed by atoms with Crippen LogP contribution in [0.5, 0.6) is 17.2 Å². The number of benzene rings is 6. The van der Waals surface area contributed by atoms with E-state index in [1.54, 1.807) is 0 Å². The number of hydrogen-bond acceptors (Lipinski definition) is 4. The molecule has 6 aromatic rings. The van der Waals surface area contributed by atoms with Crippen LogP contribution in [-0.4, -0.2) is 11.6 Å². The molecule has 4 heteroatoms. The van der Waals surface area contributed by atoms with Crippen molar-refractivity contribution in [2.75, 3.05) is 0 Å². The molecule has 0 aliphatic heterocycles. The van der Waals surface area contributed by atoms with Gasteiger partial charge in [0.25, 0.3) is 0 Å². The lowest BCUT2D eigenvalue weighted by molar-refractivity contribution is 0.103. The fourth-order valence-corrected chi connectivity index (χ4v) is 5.74. The van der Waals surface area contributed by atoms with Gasteiger partial charge < -0.3 is 9.47 Å². The first kappa shape index (κ1) is 34.1. The Hall–Kier alpha value is -5.74. The zero-order chi connectivity index (χ0) is 35.3. The van der Waals surface area contributed by atoms with Crippen molar-refractivity contribution in [2.24, 2.45) is 0 Å². The number of aryl methyl sites for hydroxylation is 1. The minimum absolute atomic E-state index is 0.00597. The summed E-state index contributed by atoms with van der Waals surface area (Å²) < 4.78 is 12.3. The van der Waals surface area contributed by atoms with Gasteiger partial charge in [0.1, 0.15) is 23.4 Å². The van der Waals surface area contributed by atoms with E-state index in [1.807, 2.05) is 147 Å². The molecule has 0 aliphatic carbocycles. The third-order valence-corrected chi connectivity index (χ3v) is 9.48. The predicted molar refractivity (Wildman–Crippen MR) is 202 cm³/mol. The maximum Gasteiger partial charge on any atom is 0.193 e. The Morgan fingerprint density at radius 3 is 1.38 bits per heavy atom. The summed E-state index contributed by atoms with van der Waals surface area (Å²) in [7, 11) is 0. The number of rotatable bonds is 12. The van der Waals surface area contributed by atoms with E-state index in [-0.39, 0.29) is 23.1 Å². The largest absolute Gasteiger partial charge is 0.486 e. The number of ketones is 2. The molecule has 0 saturated heterocycles. The van der Waals surface area contributed by atoms with Crippen LogP contribution in [0.1, 0.15) is 88.8 Å². The van der Waals surface area contributed by atoms with Gasteiger partial charge in [0.15, 0.2) is 11.6 Å². The van der Waals surface area contributed by atoms with Crippen molar-refractivity contribution >= 4 is 11.6 Å². The normalized spacial score (nSPS) is 11.9. The van der Waals surface area contributed by atoms with Crippen LogP contribution >= 0.6 is 0 Å². The summed E-state index contributed by atoms with van der Waals surface area (Å²) in [5.74, 6) is 2.14. The minimum Gasteiger partial charge on any atom is -0.486 e. The average molecular weight is 659 g/mol. The van der Waals surface area contributed by atoms with Crippen LogP contribution in [0.3, 0.4) is 0 Å². The smallest absolute Gasteiger partial charge is 0.193 e. The van der Waals surface area contributed by atoms with Crippen molar-refractivity contribution in [3.8, 4) is 28.4 Å². The van der Waals surface area contributed by atoms with Crippen LogP contribution in [0.15, 0.2) is 146 Å². The summed E-state index contributed by atoms with van der Waals surface area (Å²) in [5, 5.41) is 0. The van der Waals surface area contributed by atoms with Crippen LogP contribution in [-0.2, 0) is 5.41 Å². The first-order valence-corrected chi connectivity index (χ1v) is 17.1. The van der Waals surface area contributed by atoms with Crippen LogP contribution in [0.2, 0.25) is 0 Å². The fraction of sp³-hybridized carbons (Fsp3) is 0.174. The Bertz CT molecular complexity index is 2050. The van der Waals surface area contributed by atoms with E-state index in [0.717, 1.165) is 34.4 Å². The third-order valence-electron chi connectivity index (χ3n) is 9.48. The summed E-state index contributed by atoms with van der Waals surface area (Å²) in [5.41, 5.74) is 8.19. The molecule has 0 saturated carbocycles. The molecule has 0 aromatic heterocycles. The molecule has 0 aliphatic rings. The molecule has 4 nitrogen and oxygen atoms in total. The minimum atomic E-state index is -0.183. The van der Waals surface area contributed by atoms with E-state index < -0.39 is 0 Å². The highest BCUT2D eigenvalue weighted by molar-refractivity contribution is 6.09. The Morgan fingerprint density at radius 2 is 0.920 bits per heavy atom. The van der Waals surface area contributed by atoms with E-state index in [4.69, 9.17) is 9.47 Å². The van der Waals surface area contributed by atoms with Crippen molar-refractivity contribution in [2.45, 2.75) is 52.6 Å². The van der Waals surface area contributed by atoms with E-state index in [2.05, 4.69) is 32.9 Å². The summed E-state index contributed by atoms with van der Waals surface area (Å²) in [4.78, 5) is 25.9. The van der Waals surface area contributed by atoms with Gasteiger partial charge in [-0.15, -0.1) is 0 Å². The van der Waals surface area contributed by atoms with Gasteiger partial charge in [-0.1, -0.05) is 123 Å². The first-order valence-electron chi connectivity index (χ1n) is 17.1. The number of carbonyl (C=O) groups excluding carboxylic acids is 2. The van der Waals surface area contributed by atoms with Gasteiger partial charge in [-0.3, -0.25) is 9.59 Å². The van der Waals surface area contributed by atoms with Crippen LogP contribution in [0.25, 0.3) is 11.1 Å². The van der Waals surface area contributed by atoms with Crippen molar-refractivity contribution in [1.29, 1.82) is 0 Å². The molecule has 0 heterocycles. The third kappa shape index (κ3) is 7.93. The quantitative estimate of drug-likeness (QED) is 0.123. The van der Waals surface area contributed by atoms with Crippen molar-refractivity contribution in [1.82, 2.24) is 0 Å². The number of carbonyl (C=O) groups is 2. The lowest BCUT2D eigenvalue weighted by Gasteiger charge is -2.23. The Morgan fingerprint density at radius 1 is 0.540 bits per heavy atom. The van der Waals surface area contributed by atoms with Gasteiger partial charge in [0, 0.05) is 22.3 Å². The van der Waals surface area contributed by atoms with Crippen LogP contribution < -0.4 is 9.47 Å². The average Bonchev–Trinajstić information content (AvgIpc) is 3.15. The summed E-state index contributed by atoms with van der Waals surface area (Å²) in [6.45, 7) is 10.6. The summed E-state index contributed by atoms with van der Waals surface area (Å²) >= 11 is 0. The highest BCUT2D eigenvalue weighted by Gasteiger charge is 2.19. The maximum absolute atomic E-state index is 13.1. The second-order valence-electron chi connectivity index (χ2n) is 13.4. The van der Waals surface area contributed by atoms with E-state index >= 15 is 0 Å². The lowest BCUT2D eigenvalue weighted by Crippen LogP contribution is -2.15. The second-order valence-corrected chi connectivity index (χ2v) is 13.4. The van der Waals surface area contributed by atoms with Gasteiger partial charge in [-0.2, -0.15) is 0 Å². The summed E-state index contributed by atoms with van der Waals surface area (Å²) in [6, 6.07) is 46.4. The highest BCUT2D eigenvalue weighted by Crippen LogP contribution is 2.30. The topological polar surface area (TPSA) is 52.6 Å². The number of hydrogen-bond donors (Lipinski definition) is 0. The molecule has 1 atom stereocenters. The second kappa shape index (κ2) is 14.8. The van der Waals surface area contributed by atoms with Crippen LogP contribution in [0.4, 0.5) is 0 Å². The molecular formula is C46H42O4. The van der Waals surface area contributed by atoms with Crippen LogP contribution in [0, 0.1) is 6.92 Å². The van der Waals surface area contributed by atoms with Gasteiger partial charge in [0.2, 0.25) is 0 Å². The Balaban J connectivity index is 1.02. The maximum atomic E-state index is 13.1. The molecule has 50 heavy (non-hydrogen) atoms. The standard InChI is InChI=1S/C46H42O4/c1-6-46(4,5)40-23-15-38(16-24-40)45(48)39-21-29-43(30-22-39)50-42-27-19-35(20-28-42)34-17-25-41(26-18-34)49-32(3)33-11-13-37(14-12-33)44(47)36-9-7-31(2)8-10-36/h7-30,32H,6H2,1-5H3.